The second-order valence-electron chi connectivity index (χ2n) is 4.55. The van der Waals surface area contributed by atoms with E-state index in [9.17, 15) is 9.18 Å². The van der Waals surface area contributed by atoms with Crippen LogP contribution in [0.3, 0.4) is 0 Å². The fourth-order valence-corrected chi connectivity index (χ4v) is 2.51. The van der Waals surface area contributed by atoms with Gasteiger partial charge >= 0.3 is 5.97 Å². The zero-order valence-electron chi connectivity index (χ0n) is 9.53. The van der Waals surface area contributed by atoms with Crippen molar-refractivity contribution in [2.24, 2.45) is 5.73 Å². The lowest BCUT2D eigenvalue weighted by atomic mass is 9.73. The van der Waals surface area contributed by atoms with Gasteiger partial charge < -0.3 is 15.6 Å². The van der Waals surface area contributed by atoms with E-state index in [-0.39, 0.29) is 12.2 Å². The van der Waals surface area contributed by atoms with Crippen LogP contribution < -0.4 is 5.73 Å². The van der Waals surface area contributed by atoms with E-state index in [4.69, 9.17) is 15.6 Å². The number of aliphatic carboxylic acids is 1. The van der Waals surface area contributed by atoms with Crippen molar-refractivity contribution in [2.75, 3.05) is 13.2 Å². The topological polar surface area (TPSA) is 72.5 Å². The molecule has 0 aliphatic carbocycles. The Hall–Kier alpha value is -0.980. The molecule has 1 atom stereocenters. The van der Waals surface area contributed by atoms with E-state index < -0.39 is 17.4 Å². The van der Waals surface area contributed by atoms with Gasteiger partial charge in [-0.15, -0.1) is 0 Å². The number of hydrogen-bond donors (Lipinski definition) is 2. The molecule has 1 aliphatic rings. The first-order chi connectivity index (χ1) is 8.44. The second-order valence-corrected chi connectivity index (χ2v) is 5.46. The molecule has 4 nitrogen and oxygen atoms in total. The Morgan fingerprint density at radius 2 is 2.28 bits per heavy atom. The Balaban J connectivity index is 2.32. The zero-order chi connectivity index (χ0) is 13.3. The fourth-order valence-electron chi connectivity index (χ4n) is 2.14. The quantitative estimate of drug-likeness (QED) is 0.885. The molecule has 1 aromatic rings. The Bertz CT molecular complexity index is 476. The van der Waals surface area contributed by atoms with Crippen molar-refractivity contribution in [2.45, 2.75) is 17.9 Å². The lowest BCUT2D eigenvalue weighted by molar-refractivity contribution is -0.141. The third-order valence-corrected chi connectivity index (χ3v) is 3.68. The van der Waals surface area contributed by atoms with Crippen LogP contribution in [-0.4, -0.2) is 30.3 Å². The maximum atomic E-state index is 13.9. The van der Waals surface area contributed by atoms with Gasteiger partial charge in [-0.2, -0.15) is 0 Å². The van der Waals surface area contributed by atoms with Crippen LogP contribution in [-0.2, 0) is 14.9 Å². The number of carboxylic acids is 1. The minimum absolute atomic E-state index is 0.162. The first kappa shape index (κ1) is 13.5. The van der Waals surface area contributed by atoms with Crippen molar-refractivity contribution in [3.8, 4) is 0 Å². The molecule has 3 N–H and O–H groups in total. The third-order valence-electron chi connectivity index (χ3n) is 3.18. The van der Waals surface area contributed by atoms with E-state index in [2.05, 4.69) is 15.9 Å². The van der Waals surface area contributed by atoms with Crippen molar-refractivity contribution in [3.63, 3.8) is 0 Å². The first-order valence-electron chi connectivity index (χ1n) is 5.46. The number of halogens is 2. The number of carboxylic acid groups (broad SMARTS) is 1. The highest BCUT2D eigenvalue weighted by molar-refractivity contribution is 9.10. The van der Waals surface area contributed by atoms with Crippen LogP contribution >= 0.6 is 15.9 Å². The molecular formula is C12H13BrFNO3. The molecule has 0 saturated carbocycles. The van der Waals surface area contributed by atoms with Gasteiger partial charge in [0, 0.05) is 9.89 Å². The smallest absolute Gasteiger partial charge is 0.320 e. The number of carbonyl (C=O) groups is 1. The highest BCUT2D eigenvalue weighted by Crippen LogP contribution is 2.39. The number of rotatable bonds is 4. The molecule has 0 spiro atoms. The van der Waals surface area contributed by atoms with Crippen LogP contribution in [0.2, 0.25) is 0 Å². The van der Waals surface area contributed by atoms with Crippen molar-refractivity contribution in [1.29, 1.82) is 0 Å². The number of nitrogens with two attached hydrogens (primary N) is 1. The van der Waals surface area contributed by atoms with Crippen LogP contribution in [0, 0.1) is 5.82 Å². The summed E-state index contributed by atoms with van der Waals surface area (Å²) in [4.78, 5) is 10.8. The van der Waals surface area contributed by atoms with Crippen LogP contribution in [0.25, 0.3) is 0 Å². The van der Waals surface area contributed by atoms with Crippen molar-refractivity contribution < 1.29 is 19.0 Å². The van der Waals surface area contributed by atoms with Crippen LogP contribution in [0.5, 0.6) is 0 Å². The molecule has 0 radical (unpaired) electrons. The maximum absolute atomic E-state index is 13.9. The van der Waals surface area contributed by atoms with Crippen LogP contribution in [0.15, 0.2) is 22.7 Å². The second kappa shape index (κ2) is 4.95. The first-order valence-corrected chi connectivity index (χ1v) is 6.25. The molecule has 98 valence electrons. The molecule has 1 saturated heterocycles. The molecule has 0 aromatic heterocycles. The highest BCUT2D eigenvalue weighted by atomic mass is 79.9. The molecule has 1 heterocycles. The molecule has 18 heavy (non-hydrogen) atoms. The average molecular weight is 318 g/mol. The number of benzene rings is 1. The minimum Gasteiger partial charge on any atom is -0.480 e. The lowest BCUT2D eigenvalue weighted by Crippen LogP contribution is -2.52. The molecule has 1 fully saturated rings. The van der Waals surface area contributed by atoms with Gasteiger partial charge in [0.05, 0.1) is 13.2 Å². The highest BCUT2D eigenvalue weighted by Gasteiger charge is 2.44. The van der Waals surface area contributed by atoms with E-state index in [1.807, 2.05) is 0 Å². The van der Waals surface area contributed by atoms with Gasteiger partial charge in [0.15, 0.2) is 0 Å². The summed E-state index contributed by atoms with van der Waals surface area (Å²) in [5.74, 6) is -1.45. The van der Waals surface area contributed by atoms with Crippen LogP contribution in [0.4, 0.5) is 4.39 Å². The largest absolute Gasteiger partial charge is 0.480 e. The molecule has 2 rings (SSSR count). The lowest BCUT2D eigenvalue weighted by Gasteiger charge is -2.43. The molecule has 6 heteroatoms. The monoisotopic (exact) mass is 317 g/mol. The van der Waals surface area contributed by atoms with E-state index in [1.165, 1.54) is 6.07 Å². The third kappa shape index (κ3) is 2.41. The maximum Gasteiger partial charge on any atom is 0.320 e. The van der Waals surface area contributed by atoms with Gasteiger partial charge in [-0.05, 0) is 30.2 Å². The predicted octanol–water partition coefficient (Wildman–Crippen LogP) is 1.66. The SMILES string of the molecule is NC(CC1(c2cc(Br)ccc2F)COC1)C(=O)O. The summed E-state index contributed by atoms with van der Waals surface area (Å²) in [5.41, 5.74) is 5.37. The number of hydrogen-bond acceptors (Lipinski definition) is 3. The molecule has 1 aromatic carbocycles. The predicted molar refractivity (Wildman–Crippen MR) is 66.8 cm³/mol. The summed E-state index contributed by atoms with van der Waals surface area (Å²) >= 11 is 3.28. The van der Waals surface area contributed by atoms with Gasteiger partial charge in [0.25, 0.3) is 0 Å². The van der Waals surface area contributed by atoms with Gasteiger partial charge in [-0.1, -0.05) is 15.9 Å². The van der Waals surface area contributed by atoms with Crippen LogP contribution in [0.1, 0.15) is 12.0 Å². The molecular weight excluding hydrogens is 305 g/mol. The van der Waals surface area contributed by atoms with E-state index in [0.29, 0.717) is 18.8 Å². The summed E-state index contributed by atoms with van der Waals surface area (Å²) in [7, 11) is 0. The Morgan fingerprint density at radius 3 is 2.78 bits per heavy atom. The summed E-state index contributed by atoms with van der Waals surface area (Å²) in [6.07, 6.45) is 0.162. The van der Waals surface area contributed by atoms with E-state index >= 15 is 0 Å². The van der Waals surface area contributed by atoms with Crippen molar-refractivity contribution in [1.82, 2.24) is 0 Å². The fraction of sp³-hybridized carbons (Fsp3) is 0.417. The molecule has 0 amide bonds. The van der Waals surface area contributed by atoms with Gasteiger partial charge in [0.1, 0.15) is 11.9 Å². The Kier molecular flexibility index (Phi) is 3.70. The average Bonchev–Trinajstić information content (AvgIpc) is 2.26. The summed E-state index contributed by atoms with van der Waals surface area (Å²) in [6, 6.07) is 3.59. The molecule has 0 bridgehead atoms. The summed E-state index contributed by atoms with van der Waals surface area (Å²) in [5, 5.41) is 8.87. The van der Waals surface area contributed by atoms with Gasteiger partial charge in [0.2, 0.25) is 0 Å². The van der Waals surface area contributed by atoms with Crippen molar-refractivity contribution >= 4 is 21.9 Å². The zero-order valence-corrected chi connectivity index (χ0v) is 11.1. The standard InChI is InChI=1S/C12H13BrFNO3/c13-7-1-2-9(14)8(3-7)12(5-18-6-12)4-10(15)11(16)17/h1-3,10H,4-6,15H2,(H,16,17). The van der Waals surface area contributed by atoms with Crippen molar-refractivity contribution in [3.05, 3.63) is 34.1 Å². The normalized spacial score (nSPS) is 19.1. The summed E-state index contributed by atoms with van der Waals surface area (Å²) in [6.45, 7) is 0.586. The van der Waals surface area contributed by atoms with Gasteiger partial charge in [-0.25, -0.2) is 4.39 Å². The van der Waals surface area contributed by atoms with Gasteiger partial charge in [-0.3, -0.25) is 4.79 Å². The Labute approximate surface area is 112 Å². The molecule has 1 aliphatic heterocycles. The summed E-state index contributed by atoms with van der Waals surface area (Å²) < 4.78 is 19.8. The minimum atomic E-state index is -1.09. The van der Waals surface area contributed by atoms with E-state index in [1.54, 1.807) is 12.1 Å². The Morgan fingerprint density at radius 1 is 1.61 bits per heavy atom. The molecule has 1 unspecified atom stereocenters. The number of ether oxygens (including phenoxy) is 1. The van der Waals surface area contributed by atoms with E-state index in [0.717, 1.165) is 4.47 Å².